The third-order valence-corrected chi connectivity index (χ3v) is 5.22. The van der Waals surface area contributed by atoms with E-state index in [1.54, 1.807) is 25.6 Å². The molecule has 0 saturated carbocycles. The fraction of sp³-hybridized carbons (Fsp3) is 0.400. The third-order valence-electron chi connectivity index (χ3n) is 3.57. The summed E-state index contributed by atoms with van der Waals surface area (Å²) < 4.78 is 34.6. The largest absolute Gasteiger partial charge is 0.497 e. The maximum atomic E-state index is 12.5. The van der Waals surface area contributed by atoms with Gasteiger partial charge in [-0.1, -0.05) is 12.1 Å². The van der Waals surface area contributed by atoms with Crippen LogP contribution in [0.2, 0.25) is 0 Å². The Morgan fingerprint density at radius 1 is 1.41 bits per heavy atom. The maximum Gasteiger partial charge on any atom is 0.244 e. The van der Waals surface area contributed by atoms with Crippen molar-refractivity contribution < 1.29 is 13.2 Å². The van der Waals surface area contributed by atoms with Gasteiger partial charge in [-0.25, -0.2) is 13.1 Å². The molecule has 1 heterocycles. The van der Waals surface area contributed by atoms with Gasteiger partial charge >= 0.3 is 0 Å². The SMILES string of the molecule is CCn1ncc(S(=O)(=O)N[C@@H](C)c2cccc(OC)c2)c1C. The molecule has 120 valence electrons. The van der Waals surface area contributed by atoms with Crippen molar-refractivity contribution in [3.63, 3.8) is 0 Å². The van der Waals surface area contributed by atoms with Crippen molar-refractivity contribution in [1.82, 2.24) is 14.5 Å². The van der Waals surface area contributed by atoms with Gasteiger partial charge in [0.2, 0.25) is 10.0 Å². The third kappa shape index (κ3) is 3.31. The van der Waals surface area contributed by atoms with Crippen LogP contribution in [0.15, 0.2) is 35.4 Å². The van der Waals surface area contributed by atoms with Crippen LogP contribution in [0.1, 0.15) is 31.1 Å². The fourth-order valence-electron chi connectivity index (χ4n) is 2.29. The molecule has 0 amide bonds. The van der Waals surface area contributed by atoms with Crippen LogP contribution in [0.5, 0.6) is 5.75 Å². The van der Waals surface area contributed by atoms with Gasteiger partial charge in [0.25, 0.3) is 0 Å². The molecule has 0 spiro atoms. The Hall–Kier alpha value is -1.86. The summed E-state index contributed by atoms with van der Waals surface area (Å²) in [4.78, 5) is 0.212. The topological polar surface area (TPSA) is 73.2 Å². The van der Waals surface area contributed by atoms with Gasteiger partial charge in [-0.05, 0) is 38.5 Å². The first-order valence-corrected chi connectivity index (χ1v) is 8.56. The van der Waals surface area contributed by atoms with Gasteiger partial charge in [0.15, 0.2) is 0 Å². The zero-order valence-corrected chi connectivity index (χ0v) is 14.0. The van der Waals surface area contributed by atoms with E-state index >= 15 is 0 Å². The molecule has 0 aliphatic carbocycles. The number of hydrogen-bond donors (Lipinski definition) is 1. The van der Waals surface area contributed by atoms with Crippen molar-refractivity contribution in [1.29, 1.82) is 0 Å². The smallest absolute Gasteiger partial charge is 0.244 e. The first kappa shape index (κ1) is 16.5. The molecule has 22 heavy (non-hydrogen) atoms. The highest BCUT2D eigenvalue weighted by atomic mass is 32.2. The number of hydrogen-bond acceptors (Lipinski definition) is 4. The molecule has 1 N–H and O–H groups in total. The summed E-state index contributed by atoms with van der Waals surface area (Å²) in [7, 11) is -2.04. The summed E-state index contributed by atoms with van der Waals surface area (Å²) in [6, 6.07) is 6.96. The van der Waals surface area contributed by atoms with E-state index < -0.39 is 10.0 Å². The van der Waals surface area contributed by atoms with Crippen LogP contribution >= 0.6 is 0 Å². The number of ether oxygens (including phenoxy) is 1. The Morgan fingerprint density at radius 2 is 2.14 bits per heavy atom. The Labute approximate surface area is 131 Å². The minimum Gasteiger partial charge on any atom is -0.497 e. The molecule has 7 heteroatoms. The van der Waals surface area contributed by atoms with Crippen LogP contribution in [-0.4, -0.2) is 25.3 Å². The number of nitrogens with zero attached hydrogens (tertiary/aromatic N) is 2. The lowest BCUT2D eigenvalue weighted by Gasteiger charge is -2.15. The number of sulfonamides is 1. The Balaban J connectivity index is 2.25. The molecular formula is C15H21N3O3S. The molecular weight excluding hydrogens is 302 g/mol. The summed E-state index contributed by atoms with van der Waals surface area (Å²) in [5.74, 6) is 0.693. The van der Waals surface area contributed by atoms with E-state index in [0.29, 0.717) is 18.0 Å². The molecule has 1 atom stereocenters. The molecule has 6 nitrogen and oxygen atoms in total. The molecule has 1 aromatic heterocycles. The number of rotatable bonds is 6. The van der Waals surface area contributed by atoms with Crippen molar-refractivity contribution in [3.8, 4) is 5.75 Å². The number of benzene rings is 1. The zero-order valence-electron chi connectivity index (χ0n) is 13.2. The van der Waals surface area contributed by atoms with Crippen LogP contribution < -0.4 is 9.46 Å². The molecule has 2 aromatic rings. The lowest BCUT2D eigenvalue weighted by atomic mass is 10.1. The van der Waals surface area contributed by atoms with E-state index in [9.17, 15) is 8.42 Å². The molecule has 0 fully saturated rings. The lowest BCUT2D eigenvalue weighted by molar-refractivity contribution is 0.413. The van der Waals surface area contributed by atoms with Crippen molar-refractivity contribution in [3.05, 3.63) is 41.7 Å². The van der Waals surface area contributed by atoms with Crippen LogP contribution in [-0.2, 0) is 16.6 Å². The standard InChI is InChI=1S/C15H21N3O3S/c1-5-18-12(3)15(10-16-18)22(19,20)17-11(2)13-7-6-8-14(9-13)21-4/h6-11,17H,5H2,1-4H3/t11-/m0/s1. The molecule has 2 rings (SSSR count). The maximum absolute atomic E-state index is 12.5. The van der Waals surface area contributed by atoms with Gasteiger partial charge in [0, 0.05) is 12.6 Å². The minimum atomic E-state index is -3.62. The summed E-state index contributed by atoms with van der Waals surface area (Å²) in [5, 5.41) is 4.09. The molecule has 0 unspecified atom stereocenters. The summed E-state index contributed by atoms with van der Waals surface area (Å²) in [5.41, 5.74) is 1.47. The average molecular weight is 323 g/mol. The van der Waals surface area contributed by atoms with Crippen LogP contribution in [0, 0.1) is 6.92 Å². The Bertz CT molecular complexity index is 753. The van der Waals surface area contributed by atoms with E-state index in [1.807, 2.05) is 31.2 Å². The lowest BCUT2D eigenvalue weighted by Crippen LogP contribution is -2.27. The first-order valence-electron chi connectivity index (χ1n) is 7.07. The predicted octanol–water partition coefficient (Wildman–Crippen LogP) is 2.26. The average Bonchev–Trinajstić information content (AvgIpc) is 2.88. The highest BCUT2D eigenvalue weighted by Crippen LogP contribution is 2.22. The van der Waals surface area contributed by atoms with Gasteiger partial charge in [0.05, 0.1) is 19.0 Å². The van der Waals surface area contributed by atoms with Crippen molar-refractivity contribution >= 4 is 10.0 Å². The second-order valence-electron chi connectivity index (χ2n) is 5.03. The quantitative estimate of drug-likeness (QED) is 0.885. The number of nitrogens with one attached hydrogen (secondary N) is 1. The van der Waals surface area contributed by atoms with E-state index in [0.717, 1.165) is 5.56 Å². The first-order chi connectivity index (χ1) is 10.4. The summed E-state index contributed by atoms with van der Waals surface area (Å²) >= 11 is 0. The van der Waals surface area contributed by atoms with E-state index in [1.165, 1.54) is 6.20 Å². The van der Waals surface area contributed by atoms with Crippen molar-refractivity contribution in [2.75, 3.05) is 7.11 Å². The van der Waals surface area contributed by atoms with Gasteiger partial charge < -0.3 is 4.74 Å². The molecule has 1 aromatic carbocycles. The van der Waals surface area contributed by atoms with Crippen LogP contribution in [0.4, 0.5) is 0 Å². The van der Waals surface area contributed by atoms with E-state index in [2.05, 4.69) is 9.82 Å². The summed E-state index contributed by atoms with van der Waals surface area (Å²) in [6.45, 7) is 6.10. The number of methoxy groups -OCH3 is 1. The second-order valence-corrected chi connectivity index (χ2v) is 6.71. The normalized spacial score (nSPS) is 13.1. The van der Waals surface area contributed by atoms with Gasteiger partial charge in [-0.3, -0.25) is 4.68 Å². The highest BCUT2D eigenvalue weighted by Gasteiger charge is 2.23. The van der Waals surface area contributed by atoms with Crippen LogP contribution in [0.25, 0.3) is 0 Å². The number of aromatic nitrogens is 2. The Morgan fingerprint density at radius 3 is 2.73 bits per heavy atom. The zero-order chi connectivity index (χ0) is 16.3. The van der Waals surface area contributed by atoms with Crippen molar-refractivity contribution in [2.24, 2.45) is 0 Å². The van der Waals surface area contributed by atoms with E-state index in [-0.39, 0.29) is 10.9 Å². The highest BCUT2D eigenvalue weighted by molar-refractivity contribution is 7.89. The summed E-state index contributed by atoms with van der Waals surface area (Å²) in [6.07, 6.45) is 1.39. The second kappa shape index (κ2) is 6.50. The molecule has 0 saturated heterocycles. The number of aryl methyl sites for hydroxylation is 1. The van der Waals surface area contributed by atoms with Gasteiger partial charge in [-0.2, -0.15) is 5.10 Å². The predicted molar refractivity (Wildman–Crippen MR) is 84.4 cm³/mol. The molecule has 0 bridgehead atoms. The molecule has 0 aliphatic rings. The van der Waals surface area contributed by atoms with Crippen LogP contribution in [0.3, 0.4) is 0 Å². The van der Waals surface area contributed by atoms with E-state index in [4.69, 9.17) is 4.74 Å². The van der Waals surface area contributed by atoms with Gasteiger partial charge in [-0.15, -0.1) is 0 Å². The molecule has 0 aliphatic heterocycles. The minimum absolute atomic E-state index is 0.212. The van der Waals surface area contributed by atoms with Gasteiger partial charge in [0.1, 0.15) is 10.6 Å². The monoisotopic (exact) mass is 323 g/mol. The van der Waals surface area contributed by atoms with Crippen molar-refractivity contribution in [2.45, 2.75) is 38.3 Å². The molecule has 0 radical (unpaired) electrons. The fourth-order valence-corrected chi connectivity index (χ4v) is 3.70. The Kier molecular flexibility index (Phi) is 4.87.